The van der Waals surface area contributed by atoms with Crippen molar-refractivity contribution in [3.05, 3.63) is 69.8 Å². The van der Waals surface area contributed by atoms with Gasteiger partial charge in [-0.25, -0.2) is 0 Å². The predicted octanol–water partition coefficient (Wildman–Crippen LogP) is 9.35. The van der Waals surface area contributed by atoms with E-state index in [1.807, 2.05) is 18.2 Å². The number of aromatic nitrogens is 1. The fourth-order valence-corrected chi connectivity index (χ4v) is 5.68. The van der Waals surface area contributed by atoms with Crippen LogP contribution < -0.4 is 0 Å². The summed E-state index contributed by atoms with van der Waals surface area (Å²) in [6, 6.07) is 16.6. The van der Waals surface area contributed by atoms with E-state index in [4.69, 9.17) is 27.6 Å². The molecule has 0 spiro atoms. The van der Waals surface area contributed by atoms with Crippen LogP contribution in [0.4, 0.5) is 0 Å². The molecule has 2 nitrogen and oxygen atoms in total. The Hall–Kier alpha value is -1.26. The third-order valence-corrected chi connectivity index (χ3v) is 11.9. The summed E-state index contributed by atoms with van der Waals surface area (Å²) in [5, 5.41) is 2.95. The summed E-state index contributed by atoms with van der Waals surface area (Å²) in [6.07, 6.45) is 5.68. The highest BCUT2D eigenvalue weighted by Crippen LogP contribution is 2.41. The first-order chi connectivity index (χ1) is 15.0. The molecule has 0 N–H and O–H groups in total. The standard InChI is InChI=1S/C27H37Cl2NOSi/c1-27(2,3)32(5,6)31-26(14-9-7-8-11-20-12-10-13-22(28)17-20)25-19-21-18-23(29)15-16-24(21)30(25)4/h10,12-13,15-19,26H,7-9,11,14H2,1-6H3. The zero-order valence-electron chi connectivity index (χ0n) is 20.3. The number of nitrogens with zero attached hydrogens (tertiary/aromatic N) is 1. The van der Waals surface area contributed by atoms with Crippen LogP contribution in [0.2, 0.25) is 28.2 Å². The van der Waals surface area contributed by atoms with Gasteiger partial charge in [0.15, 0.2) is 8.32 Å². The topological polar surface area (TPSA) is 14.2 Å². The molecule has 0 aliphatic carbocycles. The van der Waals surface area contributed by atoms with Crippen LogP contribution in [-0.2, 0) is 17.9 Å². The maximum Gasteiger partial charge on any atom is 0.192 e. The van der Waals surface area contributed by atoms with Gasteiger partial charge in [0.05, 0.1) is 6.10 Å². The van der Waals surface area contributed by atoms with Gasteiger partial charge in [0, 0.05) is 33.7 Å². The van der Waals surface area contributed by atoms with Gasteiger partial charge in [-0.15, -0.1) is 0 Å². The molecule has 0 amide bonds. The SMILES string of the molecule is Cn1c(C(CCCCCc2cccc(Cl)c2)O[Si](C)(C)C(C)(C)C)cc2cc(Cl)ccc21. The van der Waals surface area contributed by atoms with Crippen molar-refractivity contribution in [3.63, 3.8) is 0 Å². The van der Waals surface area contributed by atoms with E-state index in [0.29, 0.717) is 0 Å². The summed E-state index contributed by atoms with van der Waals surface area (Å²) in [4.78, 5) is 0. The molecule has 0 saturated heterocycles. The summed E-state index contributed by atoms with van der Waals surface area (Å²) in [7, 11) is 0.231. The van der Waals surface area contributed by atoms with E-state index in [2.05, 4.69) is 75.8 Å². The van der Waals surface area contributed by atoms with Gasteiger partial charge in [0.2, 0.25) is 0 Å². The molecule has 0 aliphatic rings. The van der Waals surface area contributed by atoms with Gasteiger partial charge in [-0.05, 0) is 79.4 Å². The first-order valence-electron chi connectivity index (χ1n) is 11.6. The normalized spacial score (nSPS) is 13.6. The lowest BCUT2D eigenvalue weighted by Gasteiger charge is -2.39. The molecule has 1 heterocycles. The zero-order valence-corrected chi connectivity index (χ0v) is 22.9. The average molecular weight is 491 g/mol. The molecule has 1 aromatic heterocycles. The van der Waals surface area contributed by atoms with Crippen molar-refractivity contribution < 1.29 is 4.43 Å². The Balaban J connectivity index is 1.73. The molecule has 174 valence electrons. The van der Waals surface area contributed by atoms with Crippen molar-refractivity contribution in [1.29, 1.82) is 0 Å². The number of aryl methyl sites for hydroxylation is 2. The minimum atomic E-state index is -1.92. The minimum Gasteiger partial charge on any atom is -0.408 e. The highest BCUT2D eigenvalue weighted by molar-refractivity contribution is 6.74. The first kappa shape index (κ1) is 25.4. The highest BCUT2D eigenvalue weighted by atomic mass is 35.5. The number of halogens is 2. The molecule has 0 fully saturated rings. The first-order valence-corrected chi connectivity index (χ1v) is 15.3. The maximum absolute atomic E-state index is 6.98. The molecule has 0 aliphatic heterocycles. The lowest BCUT2D eigenvalue weighted by molar-refractivity contribution is 0.162. The molecule has 2 aromatic carbocycles. The Morgan fingerprint density at radius 2 is 1.66 bits per heavy atom. The van der Waals surface area contributed by atoms with Crippen LogP contribution in [0.5, 0.6) is 0 Å². The van der Waals surface area contributed by atoms with Gasteiger partial charge >= 0.3 is 0 Å². The second-order valence-corrected chi connectivity index (χ2v) is 16.1. The van der Waals surface area contributed by atoms with Gasteiger partial charge in [0.1, 0.15) is 0 Å². The van der Waals surface area contributed by atoms with E-state index in [-0.39, 0.29) is 11.1 Å². The van der Waals surface area contributed by atoms with Crippen LogP contribution in [-0.4, -0.2) is 12.9 Å². The van der Waals surface area contributed by atoms with Crippen LogP contribution >= 0.6 is 23.2 Å². The Bertz CT molecular complexity index is 1050. The summed E-state index contributed by atoms with van der Waals surface area (Å²) < 4.78 is 9.26. The maximum atomic E-state index is 6.98. The summed E-state index contributed by atoms with van der Waals surface area (Å²) in [6.45, 7) is 11.6. The Kier molecular flexibility index (Phi) is 8.19. The molecular weight excluding hydrogens is 453 g/mol. The second kappa shape index (κ2) is 10.3. The van der Waals surface area contributed by atoms with E-state index < -0.39 is 8.32 Å². The van der Waals surface area contributed by atoms with Gasteiger partial charge in [-0.3, -0.25) is 0 Å². The van der Waals surface area contributed by atoms with Crippen molar-refractivity contribution in [2.45, 2.75) is 77.1 Å². The molecule has 0 bridgehead atoms. The Labute approximate surface area is 205 Å². The van der Waals surface area contributed by atoms with Crippen molar-refractivity contribution in [1.82, 2.24) is 4.57 Å². The van der Waals surface area contributed by atoms with Gasteiger partial charge < -0.3 is 8.99 Å². The molecule has 0 saturated carbocycles. The quantitative estimate of drug-likeness (QED) is 0.215. The van der Waals surface area contributed by atoms with Gasteiger partial charge in [-0.2, -0.15) is 0 Å². The van der Waals surface area contributed by atoms with Crippen LogP contribution in [0.15, 0.2) is 48.5 Å². The van der Waals surface area contributed by atoms with Crippen molar-refractivity contribution >= 4 is 42.4 Å². The Morgan fingerprint density at radius 3 is 2.34 bits per heavy atom. The second-order valence-electron chi connectivity index (χ2n) is 10.4. The van der Waals surface area contributed by atoms with Gasteiger partial charge in [0.25, 0.3) is 0 Å². The van der Waals surface area contributed by atoms with Crippen molar-refractivity contribution in [3.8, 4) is 0 Å². The molecule has 0 radical (unpaired) electrons. The molecule has 1 unspecified atom stereocenters. The number of rotatable bonds is 9. The molecule has 5 heteroatoms. The van der Waals surface area contributed by atoms with Crippen molar-refractivity contribution in [2.75, 3.05) is 0 Å². The zero-order chi connectivity index (χ0) is 23.5. The van der Waals surface area contributed by atoms with Crippen LogP contribution in [0, 0.1) is 0 Å². The number of hydrogen-bond donors (Lipinski definition) is 0. The highest BCUT2D eigenvalue weighted by Gasteiger charge is 2.39. The minimum absolute atomic E-state index is 0.0956. The Morgan fingerprint density at radius 1 is 0.938 bits per heavy atom. The molecule has 1 atom stereocenters. The molecule has 3 aromatic rings. The molecule has 32 heavy (non-hydrogen) atoms. The fourth-order valence-electron chi connectivity index (χ4n) is 3.98. The summed E-state index contributed by atoms with van der Waals surface area (Å²) in [5.74, 6) is 0. The lowest BCUT2D eigenvalue weighted by atomic mass is 10.0. The summed E-state index contributed by atoms with van der Waals surface area (Å²) >= 11 is 12.4. The molecule has 3 rings (SSSR count). The smallest absolute Gasteiger partial charge is 0.192 e. The predicted molar refractivity (Wildman–Crippen MR) is 143 cm³/mol. The van der Waals surface area contributed by atoms with Crippen molar-refractivity contribution in [2.24, 2.45) is 7.05 Å². The average Bonchev–Trinajstić information content (AvgIpc) is 3.01. The number of unbranched alkanes of at least 4 members (excludes halogenated alkanes) is 2. The third-order valence-electron chi connectivity index (χ3n) is 6.94. The largest absolute Gasteiger partial charge is 0.408 e. The number of benzene rings is 2. The van der Waals surface area contributed by atoms with E-state index in [1.54, 1.807) is 0 Å². The van der Waals surface area contributed by atoms with Gasteiger partial charge in [-0.1, -0.05) is 68.9 Å². The lowest BCUT2D eigenvalue weighted by Crippen LogP contribution is -2.42. The number of fused-ring (bicyclic) bond motifs is 1. The van der Waals surface area contributed by atoms with E-state index in [9.17, 15) is 0 Å². The van der Waals surface area contributed by atoms with Crippen LogP contribution in [0.1, 0.15) is 63.8 Å². The monoisotopic (exact) mass is 489 g/mol. The van der Waals surface area contributed by atoms with E-state index in [0.717, 1.165) is 35.7 Å². The summed E-state index contributed by atoms with van der Waals surface area (Å²) in [5.41, 5.74) is 3.77. The van der Waals surface area contributed by atoms with Crippen LogP contribution in [0.3, 0.4) is 0 Å². The fraction of sp³-hybridized carbons (Fsp3) is 0.481. The van der Waals surface area contributed by atoms with Crippen LogP contribution in [0.25, 0.3) is 10.9 Å². The number of hydrogen-bond acceptors (Lipinski definition) is 1. The molecular formula is C27H37Cl2NOSi. The van der Waals surface area contributed by atoms with E-state index >= 15 is 0 Å². The van der Waals surface area contributed by atoms with E-state index in [1.165, 1.54) is 28.6 Å². The third kappa shape index (κ3) is 6.20.